The smallest absolute Gasteiger partial charge is 0.340 e. The van der Waals surface area contributed by atoms with E-state index in [1.807, 2.05) is 12.1 Å². The fourth-order valence-corrected chi connectivity index (χ4v) is 3.28. The van der Waals surface area contributed by atoms with E-state index in [4.69, 9.17) is 9.15 Å². The molecule has 2 heterocycles. The van der Waals surface area contributed by atoms with E-state index in [1.165, 1.54) is 6.08 Å². The molecule has 0 radical (unpaired) electrons. The predicted octanol–water partition coefficient (Wildman–Crippen LogP) is 4.31. The number of rotatable bonds is 6. The van der Waals surface area contributed by atoms with Gasteiger partial charge in [-0.2, -0.15) is 5.26 Å². The molecule has 27 heavy (non-hydrogen) atoms. The van der Waals surface area contributed by atoms with E-state index in [0.29, 0.717) is 34.4 Å². The van der Waals surface area contributed by atoms with Gasteiger partial charge in [-0.3, -0.25) is 4.79 Å². The van der Waals surface area contributed by atoms with E-state index in [9.17, 15) is 14.9 Å². The number of allylic oxidation sites excluding steroid dienone is 1. The number of hydrogen-bond acceptors (Lipinski definition) is 5. The Morgan fingerprint density at radius 2 is 2.11 bits per heavy atom. The molecule has 0 bridgehead atoms. The Hall–Kier alpha value is -3.07. The van der Waals surface area contributed by atoms with Gasteiger partial charge in [0, 0.05) is 17.7 Å². The summed E-state index contributed by atoms with van der Waals surface area (Å²) >= 11 is 0. The molecule has 2 aromatic rings. The number of aromatic nitrogens is 1. The van der Waals surface area contributed by atoms with Gasteiger partial charge >= 0.3 is 5.97 Å². The number of aromatic amines is 1. The van der Waals surface area contributed by atoms with Crippen LogP contribution in [0.2, 0.25) is 0 Å². The molecule has 0 aliphatic heterocycles. The number of ketones is 1. The van der Waals surface area contributed by atoms with Crippen LogP contribution in [0.4, 0.5) is 0 Å². The highest BCUT2D eigenvalue weighted by molar-refractivity contribution is 6.15. The third-order valence-corrected chi connectivity index (χ3v) is 4.92. The summed E-state index contributed by atoms with van der Waals surface area (Å²) < 4.78 is 10.8. The minimum atomic E-state index is -0.487. The molecule has 0 spiro atoms. The Morgan fingerprint density at radius 1 is 1.41 bits per heavy atom. The van der Waals surface area contributed by atoms with Gasteiger partial charge in [0.2, 0.25) is 5.78 Å². The van der Waals surface area contributed by atoms with Gasteiger partial charge in [-0.15, -0.1) is 0 Å². The fourth-order valence-electron chi connectivity index (χ4n) is 3.28. The molecule has 2 aromatic heterocycles. The Labute approximate surface area is 157 Å². The molecule has 1 N–H and O–H groups in total. The maximum atomic E-state index is 12.8. The summed E-state index contributed by atoms with van der Waals surface area (Å²) in [6.07, 6.45) is 2.54. The van der Waals surface area contributed by atoms with Crippen LogP contribution in [0.25, 0.3) is 6.08 Å². The minimum Gasteiger partial charge on any atom is -0.462 e. The van der Waals surface area contributed by atoms with Crippen molar-refractivity contribution in [1.29, 1.82) is 5.26 Å². The van der Waals surface area contributed by atoms with Crippen molar-refractivity contribution in [3.05, 3.63) is 51.7 Å². The summed E-state index contributed by atoms with van der Waals surface area (Å²) in [6, 6.07) is 5.59. The van der Waals surface area contributed by atoms with Gasteiger partial charge < -0.3 is 14.1 Å². The Balaban J connectivity index is 1.89. The molecule has 6 heteroatoms. The van der Waals surface area contributed by atoms with E-state index in [2.05, 4.69) is 11.9 Å². The van der Waals surface area contributed by atoms with Crippen molar-refractivity contribution in [2.45, 2.75) is 40.0 Å². The number of carbonyl (C=O) groups is 2. The highest BCUT2D eigenvalue weighted by Crippen LogP contribution is 2.47. The number of Topliss-reactive ketones (excluding diaryl/α,β-unsaturated/α-hetero) is 1. The van der Waals surface area contributed by atoms with Crippen LogP contribution in [0.1, 0.15) is 69.8 Å². The van der Waals surface area contributed by atoms with Crippen LogP contribution in [0, 0.1) is 31.1 Å². The van der Waals surface area contributed by atoms with Gasteiger partial charge in [0.25, 0.3) is 0 Å². The van der Waals surface area contributed by atoms with Gasteiger partial charge in [-0.25, -0.2) is 4.79 Å². The Morgan fingerprint density at radius 3 is 2.70 bits per heavy atom. The fraction of sp³-hybridized carbons (Fsp3) is 0.381. The molecule has 1 saturated carbocycles. The molecule has 1 aliphatic carbocycles. The van der Waals surface area contributed by atoms with Crippen LogP contribution in [0.5, 0.6) is 0 Å². The van der Waals surface area contributed by atoms with Gasteiger partial charge in [0.1, 0.15) is 23.2 Å². The van der Waals surface area contributed by atoms with Crippen LogP contribution in [0.15, 0.2) is 22.1 Å². The lowest BCUT2D eigenvalue weighted by Gasteiger charge is -2.02. The SMILES string of the molecule is CCOC(=O)c1c(C)[nH]c(C(=O)/C(C#N)=C/c2ccc([C@H]3C[C@H]3C)o2)c1C. The van der Waals surface area contributed by atoms with Crippen molar-refractivity contribution in [1.82, 2.24) is 4.98 Å². The quantitative estimate of drug-likeness (QED) is 0.355. The van der Waals surface area contributed by atoms with Crippen molar-refractivity contribution in [2.24, 2.45) is 5.92 Å². The number of aryl methyl sites for hydroxylation is 1. The molecule has 6 nitrogen and oxygen atoms in total. The van der Waals surface area contributed by atoms with E-state index < -0.39 is 11.8 Å². The molecular weight excluding hydrogens is 344 g/mol. The number of nitrogens with one attached hydrogen (secondary N) is 1. The molecule has 2 atom stereocenters. The molecular formula is C21H22N2O4. The van der Waals surface area contributed by atoms with Gasteiger partial charge in [-0.05, 0) is 50.8 Å². The Kier molecular flexibility index (Phi) is 5.04. The first-order chi connectivity index (χ1) is 12.9. The zero-order valence-electron chi connectivity index (χ0n) is 15.9. The van der Waals surface area contributed by atoms with Crippen molar-refractivity contribution in [3.63, 3.8) is 0 Å². The average Bonchev–Trinajstić information content (AvgIpc) is 3.04. The second kappa shape index (κ2) is 7.28. The zero-order valence-corrected chi connectivity index (χ0v) is 15.9. The number of esters is 1. The van der Waals surface area contributed by atoms with E-state index in [0.717, 1.165) is 12.2 Å². The predicted molar refractivity (Wildman–Crippen MR) is 99.4 cm³/mol. The van der Waals surface area contributed by atoms with Crippen molar-refractivity contribution in [2.75, 3.05) is 6.61 Å². The van der Waals surface area contributed by atoms with Crippen LogP contribution >= 0.6 is 0 Å². The van der Waals surface area contributed by atoms with Gasteiger partial charge in [-0.1, -0.05) is 6.92 Å². The van der Waals surface area contributed by atoms with Crippen molar-refractivity contribution < 1.29 is 18.7 Å². The first kappa shape index (κ1) is 18.7. The summed E-state index contributed by atoms with van der Waals surface area (Å²) in [5.74, 6) is 1.42. The molecule has 0 saturated heterocycles. The number of carbonyl (C=O) groups excluding carboxylic acids is 2. The largest absolute Gasteiger partial charge is 0.462 e. The number of nitriles is 1. The third-order valence-electron chi connectivity index (χ3n) is 4.92. The van der Waals surface area contributed by atoms with Gasteiger partial charge in [0.05, 0.1) is 17.9 Å². The summed E-state index contributed by atoms with van der Waals surface area (Å²) in [7, 11) is 0. The summed E-state index contributed by atoms with van der Waals surface area (Å²) in [5, 5.41) is 9.46. The van der Waals surface area contributed by atoms with Crippen LogP contribution in [-0.4, -0.2) is 23.3 Å². The molecule has 1 fully saturated rings. The van der Waals surface area contributed by atoms with Crippen molar-refractivity contribution >= 4 is 17.8 Å². The van der Waals surface area contributed by atoms with Crippen LogP contribution < -0.4 is 0 Å². The monoisotopic (exact) mass is 366 g/mol. The maximum Gasteiger partial charge on any atom is 0.340 e. The molecule has 140 valence electrons. The van der Waals surface area contributed by atoms with Gasteiger partial charge in [0.15, 0.2) is 0 Å². The first-order valence-electron chi connectivity index (χ1n) is 8.99. The standard InChI is InChI=1S/C21H22N2O4/c1-5-26-21(25)18-12(3)19(23-13(18)4)20(24)14(10-22)9-15-6-7-17(27-15)16-8-11(16)2/h6-7,9,11,16,23H,5,8H2,1-4H3/b14-9+/t11-,16+/m1/s1. The Bertz CT molecular complexity index is 971. The lowest BCUT2D eigenvalue weighted by molar-refractivity contribution is 0.0525. The maximum absolute atomic E-state index is 12.8. The second-order valence-electron chi connectivity index (χ2n) is 6.90. The van der Waals surface area contributed by atoms with E-state index in [-0.39, 0.29) is 17.9 Å². The lowest BCUT2D eigenvalue weighted by atomic mass is 10.0. The molecule has 3 rings (SSSR count). The normalized spacial score (nSPS) is 18.9. The minimum absolute atomic E-state index is 0.0560. The first-order valence-corrected chi connectivity index (χ1v) is 8.99. The highest BCUT2D eigenvalue weighted by atomic mass is 16.5. The summed E-state index contributed by atoms with van der Waals surface area (Å²) in [4.78, 5) is 27.9. The van der Waals surface area contributed by atoms with E-state index >= 15 is 0 Å². The topological polar surface area (TPSA) is 96.1 Å². The molecule has 1 aliphatic rings. The summed E-state index contributed by atoms with van der Waals surface area (Å²) in [6.45, 7) is 7.48. The van der Waals surface area contributed by atoms with Crippen LogP contribution in [0.3, 0.4) is 0 Å². The molecule has 0 amide bonds. The number of hydrogen-bond donors (Lipinski definition) is 1. The number of ether oxygens (including phenoxy) is 1. The highest BCUT2D eigenvalue weighted by Gasteiger charge is 2.36. The van der Waals surface area contributed by atoms with Crippen LogP contribution in [-0.2, 0) is 4.74 Å². The zero-order chi connectivity index (χ0) is 19.7. The number of furan rings is 1. The molecule has 0 aromatic carbocycles. The average molecular weight is 366 g/mol. The number of H-pyrrole nitrogens is 1. The van der Waals surface area contributed by atoms with E-state index in [1.54, 1.807) is 26.8 Å². The summed E-state index contributed by atoms with van der Waals surface area (Å²) in [5.41, 5.74) is 1.50. The van der Waals surface area contributed by atoms with Crippen molar-refractivity contribution in [3.8, 4) is 6.07 Å². The second-order valence-corrected chi connectivity index (χ2v) is 6.90. The lowest BCUT2D eigenvalue weighted by Crippen LogP contribution is -2.08. The third kappa shape index (κ3) is 3.59. The number of nitrogens with zero attached hydrogens (tertiary/aromatic N) is 1. The molecule has 0 unspecified atom stereocenters.